The van der Waals surface area contributed by atoms with Gasteiger partial charge in [-0.3, -0.25) is 14.9 Å². The normalized spacial score (nSPS) is 22.9. The number of aromatic amines is 1. The lowest BCUT2D eigenvalue weighted by Crippen LogP contribution is -2.39. The van der Waals surface area contributed by atoms with Crippen LogP contribution in [0, 0.1) is 0 Å². The Morgan fingerprint density at radius 2 is 2.31 bits per heavy atom. The van der Waals surface area contributed by atoms with Crippen molar-refractivity contribution < 1.29 is 9.59 Å². The molecule has 1 fully saturated rings. The lowest BCUT2D eigenvalue weighted by molar-refractivity contribution is -0.134. The third kappa shape index (κ3) is 1.42. The van der Waals surface area contributed by atoms with Crippen LogP contribution in [-0.4, -0.2) is 27.2 Å². The minimum absolute atomic E-state index is 0.218. The average molecular weight is 180 g/mol. The molecule has 2 heterocycles. The summed E-state index contributed by atoms with van der Waals surface area (Å²) < 4.78 is 0. The first-order chi connectivity index (χ1) is 6.27. The summed E-state index contributed by atoms with van der Waals surface area (Å²) in [7, 11) is 0. The molecule has 2 amide bonds. The number of carbonyl (C=O) groups is 2. The second-order valence-corrected chi connectivity index (χ2v) is 2.90. The van der Waals surface area contributed by atoms with Crippen molar-refractivity contribution in [3.8, 4) is 0 Å². The topological polar surface area (TPSA) is 87.7 Å². The Morgan fingerprint density at radius 1 is 1.46 bits per heavy atom. The molecule has 1 aromatic rings. The molecule has 2 N–H and O–H groups in total. The molecule has 0 spiro atoms. The predicted octanol–water partition coefficient (Wildman–Crippen LogP) is -0.675. The monoisotopic (exact) mass is 180 g/mol. The van der Waals surface area contributed by atoms with Gasteiger partial charge in [0.1, 0.15) is 0 Å². The molecule has 1 saturated heterocycles. The van der Waals surface area contributed by atoms with E-state index in [-0.39, 0.29) is 17.7 Å². The van der Waals surface area contributed by atoms with Gasteiger partial charge in [0.05, 0.1) is 17.8 Å². The van der Waals surface area contributed by atoms with Crippen molar-refractivity contribution >= 4 is 11.8 Å². The van der Waals surface area contributed by atoms with Crippen LogP contribution in [0.5, 0.6) is 0 Å². The number of nitrogens with one attached hydrogen (secondary N) is 2. The largest absolute Gasteiger partial charge is 0.296 e. The van der Waals surface area contributed by atoms with E-state index in [1.807, 2.05) is 0 Å². The Bertz CT molecular complexity index is 332. The summed E-state index contributed by atoms with van der Waals surface area (Å²) in [6, 6.07) is 0. The zero-order chi connectivity index (χ0) is 9.26. The lowest BCUT2D eigenvalue weighted by atomic mass is 9.95. The van der Waals surface area contributed by atoms with E-state index in [4.69, 9.17) is 0 Å². The highest BCUT2D eigenvalue weighted by Gasteiger charge is 2.29. The van der Waals surface area contributed by atoms with E-state index in [0.717, 1.165) is 0 Å². The number of hydrogen-bond donors (Lipinski definition) is 2. The van der Waals surface area contributed by atoms with Gasteiger partial charge in [-0.1, -0.05) is 0 Å². The molecule has 1 unspecified atom stereocenters. The van der Waals surface area contributed by atoms with Crippen LogP contribution in [-0.2, 0) is 9.59 Å². The number of aromatic nitrogens is 3. The smallest absolute Gasteiger partial charge is 0.235 e. The fourth-order valence-corrected chi connectivity index (χ4v) is 1.35. The van der Waals surface area contributed by atoms with Gasteiger partial charge in [0.15, 0.2) is 0 Å². The van der Waals surface area contributed by atoms with Crippen LogP contribution < -0.4 is 5.32 Å². The summed E-state index contributed by atoms with van der Waals surface area (Å²) in [5.74, 6) is -0.841. The summed E-state index contributed by atoms with van der Waals surface area (Å²) in [5, 5.41) is 12.1. The fourth-order valence-electron chi connectivity index (χ4n) is 1.35. The predicted molar refractivity (Wildman–Crippen MR) is 41.5 cm³/mol. The Kier molecular flexibility index (Phi) is 1.80. The Balaban J connectivity index is 2.17. The van der Waals surface area contributed by atoms with Crippen LogP contribution in [0.25, 0.3) is 0 Å². The number of rotatable bonds is 1. The minimum Gasteiger partial charge on any atom is -0.296 e. The van der Waals surface area contributed by atoms with Gasteiger partial charge in [-0.05, 0) is 6.42 Å². The quantitative estimate of drug-likeness (QED) is 0.561. The highest BCUT2D eigenvalue weighted by Crippen LogP contribution is 2.21. The van der Waals surface area contributed by atoms with Crippen molar-refractivity contribution in [1.82, 2.24) is 20.7 Å². The summed E-state index contributed by atoms with van der Waals surface area (Å²) in [4.78, 5) is 22.1. The van der Waals surface area contributed by atoms with Crippen molar-refractivity contribution in [1.29, 1.82) is 0 Å². The molecular formula is C7H8N4O2. The second kappa shape index (κ2) is 2.96. The SMILES string of the molecule is O=C1CCC(c2cn[nH]n2)C(=O)N1. The van der Waals surface area contributed by atoms with Crippen molar-refractivity contribution in [3.05, 3.63) is 11.9 Å². The summed E-state index contributed by atoms with van der Waals surface area (Å²) in [6.45, 7) is 0. The minimum atomic E-state index is -0.337. The molecule has 0 radical (unpaired) electrons. The van der Waals surface area contributed by atoms with Gasteiger partial charge >= 0.3 is 0 Å². The van der Waals surface area contributed by atoms with Gasteiger partial charge in [0.25, 0.3) is 0 Å². The molecule has 1 aliphatic heterocycles. The highest BCUT2D eigenvalue weighted by molar-refractivity contribution is 6.00. The first kappa shape index (κ1) is 7.90. The third-order valence-corrected chi connectivity index (χ3v) is 2.03. The number of hydrogen-bond acceptors (Lipinski definition) is 4. The van der Waals surface area contributed by atoms with Gasteiger partial charge in [-0.25, -0.2) is 0 Å². The van der Waals surface area contributed by atoms with E-state index in [9.17, 15) is 9.59 Å². The van der Waals surface area contributed by atoms with E-state index in [1.165, 1.54) is 6.20 Å². The molecule has 2 rings (SSSR count). The molecule has 6 heteroatoms. The molecule has 0 aromatic carbocycles. The van der Waals surface area contributed by atoms with E-state index in [0.29, 0.717) is 18.5 Å². The van der Waals surface area contributed by atoms with Crippen LogP contribution in [0.2, 0.25) is 0 Å². The first-order valence-corrected chi connectivity index (χ1v) is 3.97. The standard InChI is InChI=1S/C7H8N4O2/c12-6-2-1-4(7(13)9-6)5-3-8-11-10-5/h3-4H,1-2H2,(H,8,10,11)(H,9,12,13). The Hall–Kier alpha value is -1.72. The molecule has 0 bridgehead atoms. The van der Waals surface area contributed by atoms with Crippen LogP contribution in [0.15, 0.2) is 6.20 Å². The Morgan fingerprint density at radius 3 is 2.92 bits per heavy atom. The van der Waals surface area contributed by atoms with Crippen molar-refractivity contribution in [2.45, 2.75) is 18.8 Å². The molecule has 0 saturated carbocycles. The van der Waals surface area contributed by atoms with Crippen LogP contribution >= 0.6 is 0 Å². The molecule has 1 aromatic heterocycles. The van der Waals surface area contributed by atoms with Gasteiger partial charge < -0.3 is 0 Å². The summed E-state index contributed by atoms with van der Waals surface area (Å²) in [6.07, 6.45) is 2.38. The van der Waals surface area contributed by atoms with E-state index < -0.39 is 0 Å². The van der Waals surface area contributed by atoms with Crippen molar-refractivity contribution in [2.24, 2.45) is 0 Å². The second-order valence-electron chi connectivity index (χ2n) is 2.90. The number of H-pyrrole nitrogens is 1. The van der Waals surface area contributed by atoms with Crippen LogP contribution in [0.1, 0.15) is 24.5 Å². The number of piperidine rings is 1. The number of amides is 2. The zero-order valence-corrected chi connectivity index (χ0v) is 6.78. The van der Waals surface area contributed by atoms with Crippen molar-refractivity contribution in [3.63, 3.8) is 0 Å². The van der Waals surface area contributed by atoms with Gasteiger partial charge in [0, 0.05) is 6.42 Å². The third-order valence-electron chi connectivity index (χ3n) is 2.03. The fraction of sp³-hybridized carbons (Fsp3) is 0.429. The summed E-state index contributed by atoms with van der Waals surface area (Å²) >= 11 is 0. The number of imide groups is 1. The number of nitrogens with zero attached hydrogens (tertiary/aromatic N) is 2. The van der Waals surface area contributed by atoms with E-state index in [2.05, 4.69) is 20.7 Å². The van der Waals surface area contributed by atoms with Gasteiger partial charge in [-0.2, -0.15) is 15.4 Å². The maximum absolute atomic E-state index is 11.3. The van der Waals surface area contributed by atoms with Crippen LogP contribution in [0.3, 0.4) is 0 Å². The maximum Gasteiger partial charge on any atom is 0.235 e. The molecule has 1 atom stereocenters. The highest BCUT2D eigenvalue weighted by atomic mass is 16.2. The zero-order valence-electron chi connectivity index (χ0n) is 6.78. The van der Waals surface area contributed by atoms with Crippen molar-refractivity contribution in [2.75, 3.05) is 0 Å². The molecule has 68 valence electrons. The average Bonchev–Trinajstić information content (AvgIpc) is 2.56. The maximum atomic E-state index is 11.3. The molecular weight excluding hydrogens is 172 g/mol. The lowest BCUT2D eigenvalue weighted by Gasteiger charge is -2.18. The molecule has 13 heavy (non-hydrogen) atoms. The number of carbonyl (C=O) groups excluding carboxylic acids is 2. The Labute approximate surface area is 73.7 Å². The van der Waals surface area contributed by atoms with E-state index >= 15 is 0 Å². The van der Waals surface area contributed by atoms with Gasteiger partial charge in [0.2, 0.25) is 11.8 Å². The van der Waals surface area contributed by atoms with E-state index in [1.54, 1.807) is 0 Å². The molecule has 1 aliphatic rings. The summed E-state index contributed by atoms with van der Waals surface area (Å²) in [5.41, 5.74) is 0.588. The van der Waals surface area contributed by atoms with Crippen LogP contribution in [0.4, 0.5) is 0 Å². The van der Waals surface area contributed by atoms with Gasteiger partial charge in [-0.15, -0.1) is 0 Å². The first-order valence-electron chi connectivity index (χ1n) is 3.97. The molecule has 0 aliphatic carbocycles. The molecule has 6 nitrogen and oxygen atoms in total.